The summed E-state index contributed by atoms with van der Waals surface area (Å²) in [5, 5.41) is 44.6. The van der Waals surface area contributed by atoms with Crippen LogP contribution in [0.2, 0.25) is 0 Å². The van der Waals surface area contributed by atoms with E-state index in [2.05, 4.69) is 82.6 Å². The molecule has 0 saturated heterocycles. The molecule has 0 fully saturated rings. The number of hydrogen-bond donors (Lipinski definition) is 9. The summed E-state index contributed by atoms with van der Waals surface area (Å²) < 4.78 is 96.8. The van der Waals surface area contributed by atoms with Crippen LogP contribution in [-0.2, 0) is 128 Å². The van der Waals surface area contributed by atoms with Gasteiger partial charge in [0.2, 0.25) is 47.3 Å². The van der Waals surface area contributed by atoms with Crippen LogP contribution in [0.3, 0.4) is 0 Å². The Hall–Kier alpha value is -8.25. The van der Waals surface area contributed by atoms with E-state index < -0.39 is 66.1 Å². The summed E-state index contributed by atoms with van der Waals surface area (Å²) in [4.78, 5) is 124. The zero-order valence-corrected chi connectivity index (χ0v) is 65.3. The van der Waals surface area contributed by atoms with E-state index in [9.17, 15) is 48.3 Å². The van der Waals surface area contributed by atoms with E-state index in [1.54, 1.807) is 0 Å². The molecule has 0 saturated carbocycles. The summed E-state index contributed by atoms with van der Waals surface area (Å²) in [5.41, 5.74) is 33.1. The molecule has 0 aliphatic heterocycles. The average Bonchev–Trinajstić information content (AvgIpc) is 0.931. The molecule has 8 amide bonds. The van der Waals surface area contributed by atoms with Gasteiger partial charge in [-0.25, -0.2) is 4.79 Å². The molecule has 0 radical (unpaired) electrons. The van der Waals surface area contributed by atoms with Crippen LogP contribution >= 0.6 is 0 Å². The fraction of sp³-hybridized carbons (Fsp3) is 0.864. The van der Waals surface area contributed by atoms with Gasteiger partial charge in [0.05, 0.1) is 198 Å². The molecule has 0 unspecified atom stereocenters. The van der Waals surface area contributed by atoms with Crippen molar-refractivity contribution in [2.24, 2.45) is 20.5 Å². The highest BCUT2D eigenvalue weighted by molar-refractivity contribution is 5.89. The number of carboxylic acids is 1. The molecule has 114 heavy (non-hydrogen) atoms. The van der Waals surface area contributed by atoms with E-state index in [1.165, 1.54) is 0 Å². The highest BCUT2D eigenvalue weighted by atomic mass is 16.6. The van der Waals surface area contributed by atoms with Crippen molar-refractivity contribution in [3.8, 4) is 0 Å². The Balaban J connectivity index is 4.48. The average molecular weight is 1640 g/mol. The number of carbonyl (C=O) groups excluding carboxylic acids is 8. The molecule has 0 rings (SSSR count). The first-order valence-electron chi connectivity index (χ1n) is 37.7. The summed E-state index contributed by atoms with van der Waals surface area (Å²) in [5.74, 6) is -4.91. The van der Waals surface area contributed by atoms with Crippen molar-refractivity contribution in [2.75, 3.05) is 297 Å². The molecule has 0 spiro atoms. The SMILES string of the molecule is [N-]=[N+]=NCCOCCOCCOCC(=O)NCCCC[C@H](NC(=O)COCCOCCOCCN=[N+]=[N-])C(=O)NCCOCCOCCOCC(=O)NCCCC[C@H](NC(=O)COCCOCCOCCNC(=O)[C@H](CCCCNC(=O)COCCOCCOCCN=[N+]=[N-])NC(=O)COCCOCCOCCN=[N+]=[N-])C(=O)O. The number of unbranched alkanes of at least 4 members (excludes halogenated alkanes) is 3. The number of carbonyl (C=O) groups is 9. The molecule has 0 aromatic heterocycles. The van der Waals surface area contributed by atoms with Crippen LogP contribution < -0.4 is 42.5 Å². The van der Waals surface area contributed by atoms with E-state index in [0.717, 1.165) is 0 Å². The van der Waals surface area contributed by atoms with Crippen LogP contribution in [0, 0.1) is 0 Å². The summed E-state index contributed by atoms with van der Waals surface area (Å²) in [6.07, 6.45) is 3.29. The van der Waals surface area contributed by atoms with Crippen LogP contribution in [0.5, 0.6) is 0 Å². The van der Waals surface area contributed by atoms with Crippen LogP contribution in [-0.4, -0.2) is 373 Å². The summed E-state index contributed by atoms with van der Waals surface area (Å²) >= 11 is 0. The van der Waals surface area contributed by atoms with Crippen molar-refractivity contribution in [1.82, 2.24) is 42.5 Å². The minimum atomic E-state index is -1.24. The van der Waals surface area contributed by atoms with Gasteiger partial charge in [-0.3, -0.25) is 38.4 Å². The van der Waals surface area contributed by atoms with Crippen molar-refractivity contribution in [3.63, 3.8) is 0 Å². The minimum Gasteiger partial charge on any atom is -0.480 e. The lowest BCUT2D eigenvalue weighted by atomic mass is 10.1. The molecule has 9 N–H and O–H groups in total. The van der Waals surface area contributed by atoms with Crippen LogP contribution in [0.4, 0.5) is 0 Å². The van der Waals surface area contributed by atoms with Crippen LogP contribution in [0.1, 0.15) is 57.8 Å². The summed E-state index contributed by atoms with van der Waals surface area (Å²) in [6.45, 7) is 6.43. The van der Waals surface area contributed by atoms with E-state index in [-0.39, 0.29) is 282 Å². The summed E-state index contributed by atoms with van der Waals surface area (Å²) in [7, 11) is 0. The molecule has 3 atom stereocenters. The highest BCUT2D eigenvalue weighted by Gasteiger charge is 2.23. The smallest absolute Gasteiger partial charge is 0.326 e. The molecular weight excluding hydrogens is 1520 g/mol. The monoisotopic (exact) mass is 1640 g/mol. The largest absolute Gasteiger partial charge is 0.480 e. The Labute approximate surface area is 662 Å². The lowest BCUT2D eigenvalue weighted by Gasteiger charge is -2.19. The third-order valence-corrected chi connectivity index (χ3v) is 14.2. The van der Waals surface area contributed by atoms with E-state index in [1.807, 2.05) is 0 Å². The van der Waals surface area contributed by atoms with E-state index >= 15 is 0 Å². The Bertz CT molecular complexity index is 2690. The topological polar surface area (TPSA) is 631 Å². The number of amides is 8. The molecule has 0 bridgehead atoms. The fourth-order valence-corrected chi connectivity index (χ4v) is 8.73. The number of nitrogens with zero attached hydrogens (tertiary/aromatic N) is 12. The normalized spacial score (nSPS) is 11.6. The number of rotatable bonds is 87. The molecule has 0 aliphatic rings. The maximum absolute atomic E-state index is 13.2. The lowest BCUT2D eigenvalue weighted by Crippen LogP contribution is -2.48. The molecule has 0 aromatic carbocycles. The quantitative estimate of drug-likeness (QED) is 0.0155. The Kier molecular flexibility index (Phi) is 78.1. The molecule has 652 valence electrons. The molecular formula is C66H120N20O28. The fourth-order valence-electron chi connectivity index (χ4n) is 8.73. The van der Waals surface area contributed by atoms with Gasteiger partial charge in [-0.1, -0.05) is 20.5 Å². The third-order valence-electron chi connectivity index (χ3n) is 14.2. The van der Waals surface area contributed by atoms with Crippen molar-refractivity contribution in [3.05, 3.63) is 41.8 Å². The van der Waals surface area contributed by atoms with Gasteiger partial charge in [0.15, 0.2) is 0 Å². The minimum absolute atomic E-state index is 0.0188. The van der Waals surface area contributed by atoms with Gasteiger partial charge >= 0.3 is 5.97 Å². The van der Waals surface area contributed by atoms with E-state index in [0.29, 0.717) is 78.0 Å². The number of nitrogens with one attached hydrogen (secondary N) is 8. The lowest BCUT2D eigenvalue weighted by molar-refractivity contribution is -0.143. The van der Waals surface area contributed by atoms with Gasteiger partial charge < -0.3 is 133 Å². The standard InChI is InChI=1S/C66H120N20O28/c67-83-76-15-21-99-27-33-105-38-44-110-49-58(87)71-10-4-1-7-55(80-61(90)52-112-46-40-107-35-29-101-23-17-78-85-69)64(93)74-13-19-97-25-31-103-37-43-109-51-60(89)73-12-6-3-9-57(66(95)96)82-63(92)54-114-48-42-104-32-26-98-20-14-75-65(94)56(81-62(91)53-113-47-41-108-36-30-102-24-18-79-86-70)8-2-5-11-72-59(88)50-111-45-39-106-34-28-100-22-16-77-84-68/h55-57H,1-54H2,(H,71,87)(H,72,88)(H,73,89)(H,74,93)(H,75,94)(H,80,90)(H,81,91)(H,82,92)(H,95,96)/t55-,56-,57-/m0/s1. The van der Waals surface area contributed by atoms with Crippen molar-refractivity contribution >= 4 is 53.2 Å². The second-order valence-electron chi connectivity index (χ2n) is 23.3. The second-order valence-corrected chi connectivity index (χ2v) is 23.3. The number of ether oxygens (including phenoxy) is 18. The van der Waals surface area contributed by atoms with Crippen molar-refractivity contribution < 1.29 is 134 Å². The zero-order valence-electron chi connectivity index (χ0n) is 65.3. The van der Waals surface area contributed by atoms with Crippen molar-refractivity contribution in [2.45, 2.75) is 75.9 Å². The molecule has 48 heteroatoms. The van der Waals surface area contributed by atoms with Crippen molar-refractivity contribution in [1.29, 1.82) is 0 Å². The van der Waals surface area contributed by atoms with Crippen LogP contribution in [0.25, 0.3) is 41.8 Å². The summed E-state index contributed by atoms with van der Waals surface area (Å²) in [6, 6.07) is -3.03. The predicted molar refractivity (Wildman–Crippen MR) is 401 cm³/mol. The van der Waals surface area contributed by atoms with Crippen LogP contribution in [0.15, 0.2) is 20.5 Å². The molecule has 48 nitrogen and oxygen atoms in total. The predicted octanol–water partition coefficient (Wildman–Crippen LogP) is -0.843. The number of carboxylic acid groups (broad SMARTS) is 1. The Morgan fingerprint density at radius 1 is 0.246 bits per heavy atom. The Morgan fingerprint density at radius 3 is 0.684 bits per heavy atom. The van der Waals surface area contributed by atoms with Gasteiger partial charge in [-0.2, -0.15) is 0 Å². The van der Waals surface area contributed by atoms with Gasteiger partial charge in [-0.05, 0) is 79.9 Å². The van der Waals surface area contributed by atoms with E-state index in [4.69, 9.17) is 107 Å². The number of aliphatic carboxylic acids is 1. The molecule has 0 aliphatic carbocycles. The Morgan fingerprint density at radius 2 is 0.447 bits per heavy atom. The first kappa shape index (κ1) is 106. The number of hydrogen-bond acceptors (Lipinski definition) is 31. The molecule has 0 heterocycles. The third kappa shape index (κ3) is 76.4. The maximum Gasteiger partial charge on any atom is 0.326 e. The first-order chi connectivity index (χ1) is 55.8. The first-order valence-corrected chi connectivity index (χ1v) is 37.7. The van der Waals surface area contributed by atoms with Gasteiger partial charge in [0.25, 0.3) is 0 Å². The van der Waals surface area contributed by atoms with Gasteiger partial charge in [0, 0.05) is 78.5 Å². The van der Waals surface area contributed by atoms with Gasteiger partial charge in [-0.15, -0.1) is 0 Å². The zero-order chi connectivity index (χ0) is 83.2. The van der Waals surface area contributed by atoms with Gasteiger partial charge in [0.1, 0.15) is 57.8 Å². The maximum atomic E-state index is 13.2. The second kappa shape index (κ2) is 84.2. The number of azide groups is 4. The highest BCUT2D eigenvalue weighted by Crippen LogP contribution is 2.06. The molecule has 0 aromatic rings.